The first-order valence-electron chi connectivity index (χ1n) is 6.49. The fourth-order valence-electron chi connectivity index (χ4n) is 2.09. The second kappa shape index (κ2) is 7.33. The van der Waals surface area contributed by atoms with Crippen LogP contribution in [0.1, 0.15) is 26.2 Å². The largest absolute Gasteiger partial charge is 0.396 e. The predicted octanol–water partition coefficient (Wildman–Crippen LogP) is -0.929. The van der Waals surface area contributed by atoms with Crippen molar-refractivity contribution in [3.63, 3.8) is 0 Å². The molecule has 0 unspecified atom stereocenters. The minimum absolute atomic E-state index is 0.0244. The molecule has 1 rings (SSSR count). The van der Waals surface area contributed by atoms with Gasteiger partial charge < -0.3 is 21.1 Å². The summed E-state index contributed by atoms with van der Waals surface area (Å²) in [5.41, 5.74) is 5.55. The molecule has 1 aliphatic heterocycles. The van der Waals surface area contributed by atoms with E-state index in [0.29, 0.717) is 38.9 Å². The summed E-state index contributed by atoms with van der Waals surface area (Å²) in [6.07, 6.45) is 1.95. The zero-order valence-electron chi connectivity index (χ0n) is 10.9. The maximum atomic E-state index is 11.8. The van der Waals surface area contributed by atoms with E-state index in [0.717, 1.165) is 0 Å². The summed E-state index contributed by atoms with van der Waals surface area (Å²) in [7, 11) is 0. The smallest absolute Gasteiger partial charge is 0.239 e. The van der Waals surface area contributed by atoms with Gasteiger partial charge in [0.1, 0.15) is 0 Å². The van der Waals surface area contributed by atoms with Crippen molar-refractivity contribution < 1.29 is 14.7 Å². The van der Waals surface area contributed by atoms with Crippen molar-refractivity contribution in [3.8, 4) is 0 Å². The van der Waals surface area contributed by atoms with Gasteiger partial charge in [-0.1, -0.05) is 0 Å². The molecule has 6 nitrogen and oxygen atoms in total. The highest BCUT2D eigenvalue weighted by Gasteiger charge is 2.27. The van der Waals surface area contributed by atoms with Crippen molar-refractivity contribution in [2.45, 2.75) is 32.2 Å². The lowest BCUT2D eigenvalue weighted by Crippen LogP contribution is -2.48. The Morgan fingerprint density at radius 2 is 2.06 bits per heavy atom. The number of likely N-dealkylation sites (tertiary alicyclic amines) is 1. The Morgan fingerprint density at radius 1 is 1.44 bits per heavy atom. The molecule has 0 bridgehead atoms. The van der Waals surface area contributed by atoms with E-state index in [4.69, 9.17) is 10.8 Å². The van der Waals surface area contributed by atoms with Crippen LogP contribution in [0.15, 0.2) is 0 Å². The van der Waals surface area contributed by atoms with Gasteiger partial charge in [-0.15, -0.1) is 0 Å². The Balaban J connectivity index is 2.30. The molecular weight excluding hydrogens is 234 g/mol. The monoisotopic (exact) mass is 257 g/mol. The molecule has 0 spiro atoms. The zero-order valence-corrected chi connectivity index (χ0v) is 10.9. The lowest BCUT2D eigenvalue weighted by molar-refractivity contribution is -0.136. The second-order valence-electron chi connectivity index (χ2n) is 4.76. The third-order valence-corrected chi connectivity index (χ3v) is 3.20. The minimum atomic E-state index is -0.472. The van der Waals surface area contributed by atoms with Crippen molar-refractivity contribution in [1.82, 2.24) is 10.2 Å². The standard InChI is InChI=1S/C12H23N3O3/c1-9(13)12(18)15-6-3-10(4-7-15)11(17)14-5-2-8-16/h9-10,16H,2-8,13H2,1H3,(H,14,17)/t9-/m0/s1. The number of rotatable bonds is 5. The molecule has 1 atom stereocenters. The van der Waals surface area contributed by atoms with E-state index in [1.54, 1.807) is 11.8 Å². The summed E-state index contributed by atoms with van der Waals surface area (Å²) in [6.45, 7) is 3.46. The minimum Gasteiger partial charge on any atom is -0.396 e. The van der Waals surface area contributed by atoms with E-state index in [2.05, 4.69) is 5.32 Å². The lowest BCUT2D eigenvalue weighted by atomic mass is 9.95. The van der Waals surface area contributed by atoms with E-state index < -0.39 is 6.04 Å². The van der Waals surface area contributed by atoms with Gasteiger partial charge in [0, 0.05) is 32.2 Å². The maximum absolute atomic E-state index is 11.8. The number of nitrogens with zero attached hydrogens (tertiary/aromatic N) is 1. The average Bonchev–Trinajstić information content (AvgIpc) is 2.38. The molecule has 1 saturated heterocycles. The number of piperidine rings is 1. The molecular formula is C12H23N3O3. The number of amides is 2. The molecule has 0 aliphatic carbocycles. The number of hydrogen-bond donors (Lipinski definition) is 3. The van der Waals surface area contributed by atoms with E-state index in [1.807, 2.05) is 0 Å². The Morgan fingerprint density at radius 3 is 2.56 bits per heavy atom. The van der Waals surface area contributed by atoms with Crippen LogP contribution in [0.5, 0.6) is 0 Å². The van der Waals surface area contributed by atoms with Crippen molar-refractivity contribution >= 4 is 11.8 Å². The van der Waals surface area contributed by atoms with E-state index >= 15 is 0 Å². The van der Waals surface area contributed by atoms with Crippen molar-refractivity contribution in [3.05, 3.63) is 0 Å². The summed E-state index contributed by atoms with van der Waals surface area (Å²) < 4.78 is 0. The molecule has 1 fully saturated rings. The lowest BCUT2D eigenvalue weighted by Gasteiger charge is -2.32. The van der Waals surface area contributed by atoms with Crippen LogP contribution < -0.4 is 11.1 Å². The normalized spacial score (nSPS) is 18.5. The summed E-state index contributed by atoms with van der Waals surface area (Å²) in [5.74, 6) is -0.0497. The summed E-state index contributed by atoms with van der Waals surface area (Å²) in [4.78, 5) is 25.1. The number of hydrogen-bond acceptors (Lipinski definition) is 4. The first kappa shape index (κ1) is 14.9. The number of aliphatic hydroxyl groups excluding tert-OH is 1. The molecule has 0 aromatic carbocycles. The van der Waals surface area contributed by atoms with Crippen LogP contribution >= 0.6 is 0 Å². The van der Waals surface area contributed by atoms with E-state index in [-0.39, 0.29) is 24.3 Å². The van der Waals surface area contributed by atoms with Crippen LogP contribution in [0, 0.1) is 5.92 Å². The molecule has 0 saturated carbocycles. The summed E-state index contributed by atoms with van der Waals surface area (Å²) in [6, 6.07) is -0.472. The Kier molecular flexibility index (Phi) is 6.07. The number of carbonyl (C=O) groups excluding carboxylic acids is 2. The third-order valence-electron chi connectivity index (χ3n) is 3.20. The van der Waals surface area contributed by atoms with Crippen LogP contribution in [0.3, 0.4) is 0 Å². The Bertz CT molecular complexity index is 286. The molecule has 2 amide bonds. The predicted molar refractivity (Wildman–Crippen MR) is 67.7 cm³/mol. The molecule has 0 aromatic rings. The maximum Gasteiger partial charge on any atom is 0.239 e. The number of carbonyl (C=O) groups is 2. The number of nitrogens with two attached hydrogens (primary N) is 1. The van der Waals surface area contributed by atoms with Gasteiger partial charge in [-0.05, 0) is 26.2 Å². The first-order chi connectivity index (χ1) is 8.56. The van der Waals surface area contributed by atoms with E-state index in [9.17, 15) is 9.59 Å². The van der Waals surface area contributed by atoms with Crippen molar-refractivity contribution in [2.24, 2.45) is 11.7 Å². The fraction of sp³-hybridized carbons (Fsp3) is 0.833. The van der Waals surface area contributed by atoms with Crippen molar-refractivity contribution in [1.29, 1.82) is 0 Å². The summed E-state index contributed by atoms with van der Waals surface area (Å²) in [5, 5.41) is 11.4. The highest BCUT2D eigenvalue weighted by atomic mass is 16.3. The van der Waals surface area contributed by atoms with Crippen LogP contribution in [0.4, 0.5) is 0 Å². The first-order valence-corrected chi connectivity index (χ1v) is 6.49. The van der Waals surface area contributed by atoms with Gasteiger partial charge in [0.15, 0.2) is 0 Å². The molecule has 6 heteroatoms. The second-order valence-corrected chi connectivity index (χ2v) is 4.76. The van der Waals surface area contributed by atoms with Crippen LogP contribution in [0.25, 0.3) is 0 Å². The van der Waals surface area contributed by atoms with Gasteiger partial charge in [-0.2, -0.15) is 0 Å². The summed E-state index contributed by atoms with van der Waals surface area (Å²) >= 11 is 0. The Labute approximate surface area is 108 Å². The molecule has 4 N–H and O–H groups in total. The average molecular weight is 257 g/mol. The number of aliphatic hydroxyl groups is 1. The van der Waals surface area contributed by atoms with Gasteiger partial charge >= 0.3 is 0 Å². The number of nitrogens with one attached hydrogen (secondary N) is 1. The van der Waals surface area contributed by atoms with Gasteiger partial charge in [0.2, 0.25) is 11.8 Å². The van der Waals surface area contributed by atoms with Gasteiger partial charge in [-0.3, -0.25) is 9.59 Å². The highest BCUT2D eigenvalue weighted by molar-refractivity contribution is 5.82. The van der Waals surface area contributed by atoms with Crippen LogP contribution in [0.2, 0.25) is 0 Å². The molecule has 1 aliphatic rings. The van der Waals surface area contributed by atoms with Crippen LogP contribution in [-0.2, 0) is 9.59 Å². The fourth-order valence-corrected chi connectivity index (χ4v) is 2.09. The van der Waals surface area contributed by atoms with Gasteiger partial charge in [-0.25, -0.2) is 0 Å². The molecule has 0 radical (unpaired) electrons. The molecule has 104 valence electrons. The van der Waals surface area contributed by atoms with E-state index in [1.165, 1.54) is 0 Å². The highest BCUT2D eigenvalue weighted by Crippen LogP contribution is 2.17. The molecule has 18 heavy (non-hydrogen) atoms. The van der Waals surface area contributed by atoms with Crippen LogP contribution in [-0.4, -0.2) is 54.1 Å². The topological polar surface area (TPSA) is 95.7 Å². The van der Waals surface area contributed by atoms with Gasteiger partial charge in [0.05, 0.1) is 6.04 Å². The quantitative estimate of drug-likeness (QED) is 0.555. The molecule has 0 aromatic heterocycles. The Hall–Kier alpha value is -1.14. The molecule has 1 heterocycles. The van der Waals surface area contributed by atoms with Gasteiger partial charge in [0.25, 0.3) is 0 Å². The zero-order chi connectivity index (χ0) is 13.5. The van der Waals surface area contributed by atoms with Crippen molar-refractivity contribution in [2.75, 3.05) is 26.2 Å². The third kappa shape index (κ3) is 4.27. The SMILES string of the molecule is C[C@H](N)C(=O)N1CCC(C(=O)NCCCO)CC1.